The standard InChI is InChI=1S/C16H21N3O4/c1-16(2,10-20)17-15(21)12-8-11(18-19-12)9-23-14-7-5-4-6-13(14)22-3/h4-8,20H,9-10H2,1-3H3,(H,17,21)(H,18,19). The Morgan fingerprint density at radius 1 is 1.35 bits per heavy atom. The molecule has 0 spiro atoms. The number of aliphatic hydroxyl groups excluding tert-OH is 1. The molecular weight excluding hydrogens is 298 g/mol. The molecule has 1 heterocycles. The summed E-state index contributed by atoms with van der Waals surface area (Å²) in [5, 5.41) is 18.6. The van der Waals surface area contributed by atoms with Gasteiger partial charge < -0.3 is 19.9 Å². The molecule has 1 aromatic carbocycles. The highest BCUT2D eigenvalue weighted by atomic mass is 16.5. The molecule has 0 fully saturated rings. The zero-order chi connectivity index (χ0) is 16.9. The van der Waals surface area contributed by atoms with E-state index in [1.54, 1.807) is 39.2 Å². The molecule has 3 N–H and O–H groups in total. The number of carbonyl (C=O) groups excluding carboxylic acids is 1. The summed E-state index contributed by atoms with van der Waals surface area (Å²) in [4.78, 5) is 12.0. The number of rotatable bonds is 7. The molecule has 1 amide bonds. The summed E-state index contributed by atoms with van der Waals surface area (Å²) in [7, 11) is 1.57. The number of aliphatic hydroxyl groups is 1. The lowest BCUT2D eigenvalue weighted by molar-refractivity contribution is 0.0864. The lowest BCUT2D eigenvalue weighted by atomic mass is 10.1. The van der Waals surface area contributed by atoms with Crippen LogP contribution in [-0.2, 0) is 6.61 Å². The number of hydrogen-bond acceptors (Lipinski definition) is 5. The maximum absolute atomic E-state index is 12.0. The van der Waals surface area contributed by atoms with Crippen molar-refractivity contribution >= 4 is 5.91 Å². The monoisotopic (exact) mass is 319 g/mol. The second kappa shape index (κ2) is 7.15. The third-order valence-corrected chi connectivity index (χ3v) is 3.16. The van der Waals surface area contributed by atoms with Crippen molar-refractivity contribution in [1.29, 1.82) is 0 Å². The number of methoxy groups -OCH3 is 1. The Kier molecular flexibility index (Phi) is 5.23. The highest BCUT2D eigenvalue weighted by Crippen LogP contribution is 2.26. The highest BCUT2D eigenvalue weighted by molar-refractivity contribution is 5.92. The van der Waals surface area contributed by atoms with Crippen LogP contribution < -0.4 is 14.8 Å². The van der Waals surface area contributed by atoms with Gasteiger partial charge in [0.2, 0.25) is 0 Å². The van der Waals surface area contributed by atoms with E-state index in [1.807, 2.05) is 12.1 Å². The van der Waals surface area contributed by atoms with E-state index >= 15 is 0 Å². The van der Waals surface area contributed by atoms with Gasteiger partial charge in [-0.15, -0.1) is 0 Å². The van der Waals surface area contributed by atoms with Gasteiger partial charge in [-0.2, -0.15) is 5.10 Å². The van der Waals surface area contributed by atoms with Gasteiger partial charge in [-0.3, -0.25) is 9.89 Å². The number of nitrogens with zero attached hydrogens (tertiary/aromatic N) is 1. The normalized spacial score (nSPS) is 11.1. The molecule has 124 valence electrons. The number of nitrogens with one attached hydrogen (secondary N) is 2. The number of aromatic amines is 1. The molecule has 0 saturated heterocycles. The number of benzene rings is 1. The number of ether oxygens (including phenoxy) is 2. The number of amides is 1. The summed E-state index contributed by atoms with van der Waals surface area (Å²) in [6.45, 7) is 3.52. The van der Waals surface area contributed by atoms with Crippen molar-refractivity contribution in [3.8, 4) is 11.5 Å². The molecular formula is C16H21N3O4. The number of carbonyl (C=O) groups is 1. The van der Waals surface area contributed by atoms with Crippen molar-refractivity contribution in [3.05, 3.63) is 41.7 Å². The summed E-state index contributed by atoms with van der Waals surface area (Å²) in [5.41, 5.74) is 0.192. The van der Waals surface area contributed by atoms with Crippen LogP contribution in [0.4, 0.5) is 0 Å². The lowest BCUT2D eigenvalue weighted by Crippen LogP contribution is -2.46. The van der Waals surface area contributed by atoms with Crippen LogP contribution in [-0.4, -0.2) is 40.5 Å². The maximum Gasteiger partial charge on any atom is 0.272 e. The summed E-state index contributed by atoms with van der Waals surface area (Å²) < 4.78 is 10.9. The fourth-order valence-electron chi connectivity index (χ4n) is 1.86. The molecule has 7 nitrogen and oxygen atoms in total. The minimum Gasteiger partial charge on any atom is -0.493 e. The Hall–Kier alpha value is -2.54. The van der Waals surface area contributed by atoms with Crippen LogP contribution >= 0.6 is 0 Å². The van der Waals surface area contributed by atoms with Gasteiger partial charge in [0.15, 0.2) is 11.5 Å². The largest absolute Gasteiger partial charge is 0.493 e. The zero-order valence-corrected chi connectivity index (χ0v) is 13.4. The van der Waals surface area contributed by atoms with Gasteiger partial charge in [-0.1, -0.05) is 12.1 Å². The van der Waals surface area contributed by atoms with E-state index in [9.17, 15) is 9.90 Å². The summed E-state index contributed by atoms with van der Waals surface area (Å²) in [6, 6.07) is 8.91. The maximum atomic E-state index is 12.0. The number of H-pyrrole nitrogens is 1. The van der Waals surface area contributed by atoms with Gasteiger partial charge in [-0.25, -0.2) is 0 Å². The van der Waals surface area contributed by atoms with Crippen LogP contribution in [0.5, 0.6) is 11.5 Å². The Labute approximate surface area is 134 Å². The molecule has 7 heteroatoms. The van der Waals surface area contributed by atoms with Crippen molar-refractivity contribution in [2.75, 3.05) is 13.7 Å². The molecule has 0 atom stereocenters. The lowest BCUT2D eigenvalue weighted by Gasteiger charge is -2.22. The summed E-state index contributed by atoms with van der Waals surface area (Å²) >= 11 is 0. The highest BCUT2D eigenvalue weighted by Gasteiger charge is 2.21. The summed E-state index contributed by atoms with van der Waals surface area (Å²) in [6.07, 6.45) is 0. The van der Waals surface area contributed by atoms with Crippen molar-refractivity contribution in [1.82, 2.24) is 15.5 Å². The topological polar surface area (TPSA) is 96.5 Å². The van der Waals surface area contributed by atoms with Crippen LogP contribution in [0.3, 0.4) is 0 Å². The Balaban J connectivity index is 1.98. The molecule has 2 rings (SSSR count). The molecule has 0 aliphatic carbocycles. The van der Waals surface area contributed by atoms with E-state index in [0.29, 0.717) is 17.2 Å². The SMILES string of the molecule is COc1ccccc1OCc1cc(C(=O)NC(C)(C)CO)n[nH]1. The Morgan fingerprint density at radius 3 is 2.70 bits per heavy atom. The van der Waals surface area contributed by atoms with E-state index in [0.717, 1.165) is 0 Å². The third kappa shape index (κ3) is 4.46. The number of hydrogen-bond donors (Lipinski definition) is 3. The van der Waals surface area contributed by atoms with Crippen LogP contribution in [0.2, 0.25) is 0 Å². The van der Waals surface area contributed by atoms with E-state index < -0.39 is 5.54 Å². The van der Waals surface area contributed by atoms with Gasteiger partial charge in [0.25, 0.3) is 5.91 Å². The van der Waals surface area contributed by atoms with Gasteiger partial charge in [0.05, 0.1) is 24.9 Å². The molecule has 0 bridgehead atoms. The van der Waals surface area contributed by atoms with Gasteiger partial charge in [0.1, 0.15) is 12.3 Å². The van der Waals surface area contributed by atoms with Gasteiger partial charge >= 0.3 is 0 Å². The first-order valence-electron chi connectivity index (χ1n) is 7.18. The number of para-hydroxylation sites is 2. The predicted molar refractivity (Wildman–Crippen MR) is 84.5 cm³/mol. The first-order valence-corrected chi connectivity index (χ1v) is 7.18. The molecule has 23 heavy (non-hydrogen) atoms. The van der Waals surface area contributed by atoms with E-state index in [4.69, 9.17) is 9.47 Å². The van der Waals surface area contributed by atoms with Crippen LogP contribution in [0.1, 0.15) is 30.0 Å². The minimum absolute atomic E-state index is 0.160. The van der Waals surface area contributed by atoms with Crippen LogP contribution in [0.15, 0.2) is 30.3 Å². The van der Waals surface area contributed by atoms with Gasteiger partial charge in [0, 0.05) is 0 Å². The fourth-order valence-corrected chi connectivity index (χ4v) is 1.86. The molecule has 1 aromatic heterocycles. The average molecular weight is 319 g/mol. The van der Waals surface area contributed by atoms with E-state index in [1.165, 1.54) is 0 Å². The van der Waals surface area contributed by atoms with Crippen LogP contribution in [0, 0.1) is 0 Å². The Morgan fingerprint density at radius 2 is 2.04 bits per heavy atom. The second-order valence-corrected chi connectivity index (χ2v) is 5.71. The first-order chi connectivity index (χ1) is 10.9. The van der Waals surface area contributed by atoms with E-state index in [-0.39, 0.29) is 24.8 Å². The van der Waals surface area contributed by atoms with Gasteiger partial charge in [-0.05, 0) is 32.0 Å². The van der Waals surface area contributed by atoms with Crippen molar-refractivity contribution in [2.45, 2.75) is 26.0 Å². The smallest absolute Gasteiger partial charge is 0.272 e. The second-order valence-electron chi connectivity index (χ2n) is 5.71. The van der Waals surface area contributed by atoms with Crippen molar-refractivity contribution in [3.63, 3.8) is 0 Å². The number of aromatic nitrogens is 2. The van der Waals surface area contributed by atoms with Crippen molar-refractivity contribution in [2.24, 2.45) is 0 Å². The molecule has 2 aromatic rings. The summed E-state index contributed by atoms with van der Waals surface area (Å²) in [5.74, 6) is 0.885. The molecule has 0 aliphatic rings. The van der Waals surface area contributed by atoms with Crippen LogP contribution in [0.25, 0.3) is 0 Å². The zero-order valence-electron chi connectivity index (χ0n) is 13.4. The van der Waals surface area contributed by atoms with Crippen molar-refractivity contribution < 1.29 is 19.4 Å². The molecule has 0 saturated carbocycles. The first kappa shape index (κ1) is 16.8. The average Bonchev–Trinajstić information content (AvgIpc) is 3.02. The third-order valence-electron chi connectivity index (χ3n) is 3.16. The molecule has 0 unspecified atom stereocenters. The predicted octanol–water partition coefficient (Wildman–Crippen LogP) is 1.50. The fraction of sp³-hybridized carbons (Fsp3) is 0.375. The minimum atomic E-state index is -0.704. The molecule has 0 radical (unpaired) electrons. The Bertz CT molecular complexity index is 667. The van der Waals surface area contributed by atoms with E-state index in [2.05, 4.69) is 15.5 Å². The molecule has 0 aliphatic heterocycles. The quantitative estimate of drug-likeness (QED) is 0.718.